The van der Waals surface area contributed by atoms with Gasteiger partial charge in [-0.05, 0) is 25.3 Å². The van der Waals surface area contributed by atoms with E-state index in [4.69, 9.17) is 15.2 Å². The van der Waals surface area contributed by atoms with Crippen LogP contribution in [0.25, 0.3) is 0 Å². The van der Waals surface area contributed by atoms with Gasteiger partial charge < -0.3 is 15.2 Å². The first-order chi connectivity index (χ1) is 10.0. The van der Waals surface area contributed by atoms with Gasteiger partial charge in [-0.25, -0.2) is 4.79 Å². The molecule has 2 N–H and O–H groups in total. The predicted molar refractivity (Wildman–Crippen MR) is 76.0 cm³/mol. The van der Waals surface area contributed by atoms with Crippen LogP contribution in [0, 0.1) is 10.1 Å². The molecule has 2 unspecified atom stereocenters. The van der Waals surface area contributed by atoms with Gasteiger partial charge >= 0.3 is 5.97 Å². The van der Waals surface area contributed by atoms with E-state index in [9.17, 15) is 14.9 Å². The lowest BCUT2D eigenvalue weighted by molar-refractivity contribution is -0.384. The van der Waals surface area contributed by atoms with Crippen molar-refractivity contribution >= 4 is 17.3 Å². The number of benzene rings is 1. The SMILES string of the molecule is COC1CCCC(OC(=O)c2ccc([N+](=O)[O-])cc2N)C1. The normalized spacial score (nSPS) is 21.8. The van der Waals surface area contributed by atoms with Crippen molar-refractivity contribution in [2.75, 3.05) is 12.8 Å². The average molecular weight is 294 g/mol. The number of hydrogen-bond donors (Lipinski definition) is 1. The first kappa shape index (κ1) is 15.2. The number of esters is 1. The second-order valence-corrected chi connectivity index (χ2v) is 5.08. The first-order valence-electron chi connectivity index (χ1n) is 6.79. The Hall–Kier alpha value is -2.15. The quantitative estimate of drug-likeness (QED) is 0.395. The van der Waals surface area contributed by atoms with E-state index in [0.717, 1.165) is 25.3 Å². The fourth-order valence-electron chi connectivity index (χ4n) is 2.49. The number of carbonyl (C=O) groups excluding carboxylic acids is 1. The molecule has 1 saturated carbocycles. The van der Waals surface area contributed by atoms with Crippen LogP contribution in [0.4, 0.5) is 11.4 Å². The second-order valence-electron chi connectivity index (χ2n) is 5.08. The molecule has 0 bridgehead atoms. The van der Waals surface area contributed by atoms with Crippen LogP contribution in [0.5, 0.6) is 0 Å². The highest BCUT2D eigenvalue weighted by molar-refractivity contribution is 5.95. The lowest BCUT2D eigenvalue weighted by Gasteiger charge is -2.28. The summed E-state index contributed by atoms with van der Waals surface area (Å²) in [6, 6.07) is 3.73. The van der Waals surface area contributed by atoms with Gasteiger partial charge in [0.25, 0.3) is 5.69 Å². The summed E-state index contributed by atoms with van der Waals surface area (Å²) >= 11 is 0. The molecule has 0 amide bonds. The molecule has 1 fully saturated rings. The molecule has 2 rings (SSSR count). The van der Waals surface area contributed by atoms with Gasteiger partial charge in [-0.1, -0.05) is 0 Å². The Morgan fingerprint density at radius 2 is 2.10 bits per heavy atom. The highest BCUT2D eigenvalue weighted by Crippen LogP contribution is 2.26. The van der Waals surface area contributed by atoms with Crippen LogP contribution in [0.15, 0.2) is 18.2 Å². The first-order valence-corrected chi connectivity index (χ1v) is 6.79. The van der Waals surface area contributed by atoms with E-state index < -0.39 is 10.9 Å². The molecule has 21 heavy (non-hydrogen) atoms. The predicted octanol–water partition coefficient (Wildman–Crippen LogP) is 2.29. The molecule has 2 atom stereocenters. The zero-order valence-corrected chi connectivity index (χ0v) is 11.8. The van der Waals surface area contributed by atoms with Crippen LogP contribution < -0.4 is 5.73 Å². The maximum atomic E-state index is 12.1. The average Bonchev–Trinajstić information content (AvgIpc) is 2.47. The van der Waals surface area contributed by atoms with Crippen molar-refractivity contribution in [1.29, 1.82) is 0 Å². The van der Waals surface area contributed by atoms with Crippen LogP contribution in [-0.4, -0.2) is 30.2 Å². The third-order valence-corrected chi connectivity index (χ3v) is 3.65. The third-order valence-electron chi connectivity index (χ3n) is 3.65. The maximum absolute atomic E-state index is 12.1. The van der Waals surface area contributed by atoms with Crippen molar-refractivity contribution < 1.29 is 19.2 Å². The molecule has 7 nitrogen and oxygen atoms in total. The summed E-state index contributed by atoms with van der Waals surface area (Å²) in [5.74, 6) is -0.552. The molecule has 114 valence electrons. The van der Waals surface area contributed by atoms with Crippen molar-refractivity contribution in [2.45, 2.75) is 37.9 Å². The summed E-state index contributed by atoms with van der Waals surface area (Å²) in [5.41, 5.74) is 5.74. The minimum absolute atomic E-state index is 0.0494. The van der Waals surface area contributed by atoms with Gasteiger partial charge in [-0.15, -0.1) is 0 Å². The standard InChI is InChI=1S/C14H18N2O5/c1-20-10-3-2-4-11(8-10)21-14(17)12-6-5-9(16(18)19)7-13(12)15/h5-7,10-11H,2-4,8,15H2,1H3. The topological polar surface area (TPSA) is 105 Å². The van der Waals surface area contributed by atoms with Crippen molar-refractivity contribution in [2.24, 2.45) is 0 Å². The van der Waals surface area contributed by atoms with Crippen LogP contribution in [0.3, 0.4) is 0 Å². The fraction of sp³-hybridized carbons (Fsp3) is 0.500. The minimum atomic E-state index is -0.560. The van der Waals surface area contributed by atoms with E-state index in [2.05, 4.69) is 0 Å². The summed E-state index contributed by atoms with van der Waals surface area (Å²) in [6.07, 6.45) is 3.25. The monoisotopic (exact) mass is 294 g/mol. The van der Waals surface area contributed by atoms with E-state index in [0.29, 0.717) is 6.42 Å². The minimum Gasteiger partial charge on any atom is -0.459 e. The number of ether oxygens (including phenoxy) is 2. The third kappa shape index (κ3) is 3.69. The highest BCUT2D eigenvalue weighted by atomic mass is 16.6. The maximum Gasteiger partial charge on any atom is 0.340 e. The Labute approximate surface area is 122 Å². The Balaban J connectivity index is 2.05. The van der Waals surface area contributed by atoms with E-state index in [-0.39, 0.29) is 29.1 Å². The molecule has 0 radical (unpaired) electrons. The van der Waals surface area contributed by atoms with E-state index in [1.807, 2.05) is 0 Å². The second kappa shape index (κ2) is 6.53. The Morgan fingerprint density at radius 3 is 2.71 bits per heavy atom. The molecule has 0 heterocycles. The van der Waals surface area contributed by atoms with Crippen LogP contribution in [0.2, 0.25) is 0 Å². The number of nitrogens with zero attached hydrogens (tertiary/aromatic N) is 1. The summed E-state index contributed by atoms with van der Waals surface area (Å²) in [6.45, 7) is 0. The Kier molecular flexibility index (Phi) is 4.74. The van der Waals surface area contributed by atoms with E-state index >= 15 is 0 Å². The number of nitrogen functional groups attached to an aromatic ring is 1. The van der Waals surface area contributed by atoms with Gasteiger partial charge in [-0.2, -0.15) is 0 Å². The number of nitrogens with two attached hydrogens (primary N) is 1. The number of nitro benzene ring substituents is 1. The number of anilines is 1. The number of carbonyl (C=O) groups is 1. The largest absolute Gasteiger partial charge is 0.459 e. The smallest absolute Gasteiger partial charge is 0.340 e. The summed E-state index contributed by atoms with van der Waals surface area (Å²) < 4.78 is 10.7. The summed E-state index contributed by atoms with van der Waals surface area (Å²) in [7, 11) is 1.64. The molecule has 1 aliphatic carbocycles. The Bertz CT molecular complexity index is 546. The molecular formula is C14H18N2O5. The molecule has 1 aromatic carbocycles. The van der Waals surface area contributed by atoms with Crippen molar-refractivity contribution in [1.82, 2.24) is 0 Å². The highest BCUT2D eigenvalue weighted by Gasteiger charge is 2.26. The van der Waals surface area contributed by atoms with Gasteiger partial charge in [0.15, 0.2) is 0 Å². The lowest BCUT2D eigenvalue weighted by atomic mass is 9.95. The lowest BCUT2D eigenvalue weighted by Crippen LogP contribution is -2.29. The van der Waals surface area contributed by atoms with Gasteiger partial charge in [0.1, 0.15) is 6.10 Å². The van der Waals surface area contributed by atoms with Crippen LogP contribution >= 0.6 is 0 Å². The number of nitro groups is 1. The fourth-order valence-corrected chi connectivity index (χ4v) is 2.49. The van der Waals surface area contributed by atoms with Crippen molar-refractivity contribution in [3.63, 3.8) is 0 Å². The zero-order chi connectivity index (χ0) is 15.4. The summed E-state index contributed by atoms with van der Waals surface area (Å²) in [4.78, 5) is 22.2. The van der Waals surface area contributed by atoms with Crippen LogP contribution in [-0.2, 0) is 9.47 Å². The molecular weight excluding hydrogens is 276 g/mol. The molecule has 0 saturated heterocycles. The number of non-ortho nitro benzene ring substituents is 1. The molecule has 7 heteroatoms. The number of rotatable bonds is 4. The number of methoxy groups -OCH3 is 1. The molecule has 0 aromatic heterocycles. The van der Waals surface area contributed by atoms with Gasteiger partial charge in [0.2, 0.25) is 0 Å². The van der Waals surface area contributed by atoms with Crippen LogP contribution in [0.1, 0.15) is 36.0 Å². The van der Waals surface area contributed by atoms with Crippen molar-refractivity contribution in [3.8, 4) is 0 Å². The summed E-state index contributed by atoms with van der Waals surface area (Å²) in [5, 5.41) is 10.6. The molecule has 1 aliphatic rings. The zero-order valence-electron chi connectivity index (χ0n) is 11.8. The molecule has 0 aliphatic heterocycles. The van der Waals surface area contributed by atoms with Gasteiger partial charge in [0, 0.05) is 25.7 Å². The van der Waals surface area contributed by atoms with Gasteiger partial charge in [-0.3, -0.25) is 10.1 Å². The van der Waals surface area contributed by atoms with E-state index in [1.165, 1.54) is 12.1 Å². The van der Waals surface area contributed by atoms with E-state index in [1.54, 1.807) is 7.11 Å². The van der Waals surface area contributed by atoms with Crippen molar-refractivity contribution in [3.05, 3.63) is 33.9 Å². The van der Waals surface area contributed by atoms with Gasteiger partial charge in [0.05, 0.1) is 22.3 Å². The Morgan fingerprint density at radius 1 is 1.38 bits per heavy atom. The molecule has 1 aromatic rings. The molecule has 0 spiro atoms. The number of hydrogen-bond acceptors (Lipinski definition) is 6.